The second-order valence-corrected chi connectivity index (χ2v) is 10.9. The Morgan fingerprint density at radius 1 is 1.00 bits per heavy atom. The number of hydrogen-bond donors (Lipinski definition) is 1. The number of nitrogens with zero attached hydrogens (tertiary/aromatic N) is 5. The maximum atomic E-state index is 13.4. The van der Waals surface area contributed by atoms with Gasteiger partial charge in [-0.2, -0.15) is 0 Å². The van der Waals surface area contributed by atoms with Crippen LogP contribution in [0.5, 0.6) is 0 Å². The standard InChI is InChI=1S/C30H31FN6OS/c1-39-24-10-11-26-25(18-24)29(38)36(20-32-26)17-16-35-14-12-23(13-15-35)33-30-34-27-4-2-3-5-28(27)37(30)19-21-6-8-22(31)9-7-21/h2-11,18,20,23H,12-17,19H2,1H3,(H,33,34). The van der Waals surface area contributed by atoms with E-state index in [1.165, 1.54) is 12.1 Å². The molecule has 1 saturated heterocycles. The summed E-state index contributed by atoms with van der Waals surface area (Å²) in [5.41, 5.74) is 3.79. The molecule has 1 N–H and O–H groups in total. The van der Waals surface area contributed by atoms with Gasteiger partial charge in [-0.1, -0.05) is 24.3 Å². The fraction of sp³-hybridized carbons (Fsp3) is 0.300. The SMILES string of the molecule is CSc1ccc2ncn(CCN3CCC(Nc4nc5ccccc5n4Cc4ccc(F)cc4)CC3)c(=O)c2c1. The van der Waals surface area contributed by atoms with Crippen LogP contribution in [0.3, 0.4) is 0 Å². The summed E-state index contributed by atoms with van der Waals surface area (Å²) in [5.74, 6) is 0.614. The largest absolute Gasteiger partial charge is 0.353 e. The van der Waals surface area contributed by atoms with Crippen LogP contribution in [0.25, 0.3) is 21.9 Å². The minimum atomic E-state index is -0.231. The Labute approximate surface area is 230 Å². The highest BCUT2D eigenvalue weighted by Gasteiger charge is 2.21. The molecule has 2 aromatic heterocycles. The number of imidazole rings is 1. The molecule has 9 heteroatoms. The summed E-state index contributed by atoms with van der Waals surface area (Å²) in [5, 5.41) is 4.37. The third kappa shape index (κ3) is 5.55. The molecule has 200 valence electrons. The maximum Gasteiger partial charge on any atom is 0.261 e. The van der Waals surface area contributed by atoms with Gasteiger partial charge in [0.25, 0.3) is 5.56 Å². The number of fused-ring (bicyclic) bond motifs is 2. The predicted molar refractivity (Wildman–Crippen MR) is 156 cm³/mol. The van der Waals surface area contributed by atoms with Crippen LogP contribution in [-0.2, 0) is 13.1 Å². The highest BCUT2D eigenvalue weighted by Crippen LogP contribution is 2.24. The van der Waals surface area contributed by atoms with E-state index in [2.05, 4.69) is 25.8 Å². The van der Waals surface area contributed by atoms with Crippen molar-refractivity contribution in [3.05, 3.63) is 94.8 Å². The van der Waals surface area contributed by atoms with Crippen LogP contribution in [0.2, 0.25) is 0 Å². The number of thioether (sulfide) groups is 1. The van der Waals surface area contributed by atoms with Crippen molar-refractivity contribution in [1.29, 1.82) is 0 Å². The van der Waals surface area contributed by atoms with Gasteiger partial charge in [0.1, 0.15) is 5.82 Å². The molecule has 6 rings (SSSR count). The third-order valence-corrected chi connectivity index (χ3v) is 8.24. The molecule has 39 heavy (non-hydrogen) atoms. The first-order valence-corrected chi connectivity index (χ1v) is 14.5. The second kappa shape index (κ2) is 11.2. The summed E-state index contributed by atoms with van der Waals surface area (Å²) in [4.78, 5) is 25.9. The molecule has 0 saturated carbocycles. The molecule has 0 amide bonds. The number of nitrogens with one attached hydrogen (secondary N) is 1. The first kappa shape index (κ1) is 25.6. The summed E-state index contributed by atoms with van der Waals surface area (Å²) < 4.78 is 17.4. The van der Waals surface area contributed by atoms with E-state index in [1.807, 2.05) is 54.8 Å². The topological polar surface area (TPSA) is 68.0 Å². The average molecular weight is 543 g/mol. The molecule has 0 atom stereocenters. The van der Waals surface area contributed by atoms with Crippen LogP contribution < -0.4 is 10.9 Å². The molecular formula is C30H31FN6OS. The molecule has 0 spiro atoms. The summed E-state index contributed by atoms with van der Waals surface area (Å²) in [6, 6.07) is 20.9. The van der Waals surface area contributed by atoms with Gasteiger partial charge in [0, 0.05) is 37.1 Å². The molecule has 3 aromatic carbocycles. The number of aromatic nitrogens is 4. The van der Waals surface area contributed by atoms with Crippen molar-refractivity contribution in [2.75, 3.05) is 31.2 Å². The van der Waals surface area contributed by atoms with Crippen LogP contribution in [0.15, 0.2) is 82.7 Å². The summed E-state index contributed by atoms with van der Waals surface area (Å²) in [6.07, 6.45) is 5.66. The van der Waals surface area contributed by atoms with Crippen LogP contribution in [-0.4, -0.2) is 55.9 Å². The summed E-state index contributed by atoms with van der Waals surface area (Å²) in [7, 11) is 0. The van der Waals surface area contributed by atoms with Crippen LogP contribution in [0, 0.1) is 5.82 Å². The van der Waals surface area contributed by atoms with Crippen molar-refractivity contribution in [3.8, 4) is 0 Å². The zero-order valence-corrected chi connectivity index (χ0v) is 22.7. The van der Waals surface area contributed by atoms with Gasteiger partial charge in [-0.05, 0) is 67.1 Å². The first-order valence-electron chi connectivity index (χ1n) is 13.3. The molecule has 1 aliphatic heterocycles. The lowest BCUT2D eigenvalue weighted by Crippen LogP contribution is -2.41. The number of likely N-dealkylation sites (tertiary alicyclic amines) is 1. The number of hydrogen-bond acceptors (Lipinski definition) is 6. The molecule has 7 nitrogen and oxygen atoms in total. The van der Waals surface area contributed by atoms with Crippen molar-refractivity contribution >= 4 is 39.6 Å². The Hall–Kier alpha value is -3.69. The van der Waals surface area contributed by atoms with Gasteiger partial charge in [-0.25, -0.2) is 14.4 Å². The molecule has 1 fully saturated rings. The van der Waals surface area contributed by atoms with E-state index in [-0.39, 0.29) is 11.4 Å². The zero-order chi connectivity index (χ0) is 26.8. The maximum absolute atomic E-state index is 13.4. The predicted octanol–water partition coefficient (Wildman–Crippen LogP) is 5.23. The van der Waals surface area contributed by atoms with Gasteiger partial charge in [-0.3, -0.25) is 9.36 Å². The molecule has 5 aromatic rings. The zero-order valence-electron chi connectivity index (χ0n) is 21.9. The van der Waals surface area contributed by atoms with Gasteiger partial charge < -0.3 is 14.8 Å². The van der Waals surface area contributed by atoms with Crippen molar-refractivity contribution in [2.24, 2.45) is 0 Å². The summed E-state index contributed by atoms with van der Waals surface area (Å²) >= 11 is 1.63. The van der Waals surface area contributed by atoms with Gasteiger partial charge in [0.05, 0.1) is 34.8 Å². The monoisotopic (exact) mass is 542 g/mol. The molecule has 0 radical (unpaired) electrons. The van der Waals surface area contributed by atoms with Crippen molar-refractivity contribution in [1.82, 2.24) is 24.0 Å². The van der Waals surface area contributed by atoms with E-state index in [9.17, 15) is 9.18 Å². The van der Waals surface area contributed by atoms with E-state index in [4.69, 9.17) is 4.98 Å². The fourth-order valence-electron chi connectivity index (χ4n) is 5.28. The number of para-hydroxylation sites is 2. The van der Waals surface area contributed by atoms with E-state index in [0.717, 1.165) is 65.4 Å². The number of anilines is 1. The Bertz CT molecular complexity index is 1660. The highest BCUT2D eigenvalue weighted by atomic mass is 32.2. The smallest absolute Gasteiger partial charge is 0.261 e. The Balaban J connectivity index is 1.10. The Morgan fingerprint density at radius 2 is 1.79 bits per heavy atom. The molecule has 3 heterocycles. The highest BCUT2D eigenvalue weighted by molar-refractivity contribution is 7.98. The van der Waals surface area contributed by atoms with Gasteiger partial charge in [0.15, 0.2) is 0 Å². The molecule has 0 aliphatic carbocycles. The Morgan fingerprint density at radius 3 is 2.59 bits per heavy atom. The fourth-order valence-corrected chi connectivity index (χ4v) is 5.71. The molecule has 0 unspecified atom stereocenters. The van der Waals surface area contributed by atoms with Gasteiger partial charge in [-0.15, -0.1) is 11.8 Å². The lowest BCUT2D eigenvalue weighted by Gasteiger charge is -2.32. The van der Waals surface area contributed by atoms with E-state index in [1.54, 1.807) is 22.7 Å². The van der Waals surface area contributed by atoms with Crippen molar-refractivity contribution in [2.45, 2.75) is 36.9 Å². The lowest BCUT2D eigenvalue weighted by atomic mass is 10.1. The number of benzene rings is 3. The van der Waals surface area contributed by atoms with Crippen LogP contribution in [0.1, 0.15) is 18.4 Å². The quantitative estimate of drug-likeness (QED) is 0.271. The van der Waals surface area contributed by atoms with Crippen molar-refractivity contribution in [3.63, 3.8) is 0 Å². The number of piperidine rings is 1. The van der Waals surface area contributed by atoms with Gasteiger partial charge >= 0.3 is 0 Å². The number of rotatable bonds is 8. The molecular weight excluding hydrogens is 511 g/mol. The minimum absolute atomic E-state index is 0.0208. The van der Waals surface area contributed by atoms with E-state index >= 15 is 0 Å². The van der Waals surface area contributed by atoms with Gasteiger partial charge in [0.2, 0.25) is 5.95 Å². The second-order valence-electron chi connectivity index (χ2n) is 10.0. The van der Waals surface area contributed by atoms with E-state index in [0.29, 0.717) is 24.5 Å². The molecule has 0 bridgehead atoms. The van der Waals surface area contributed by atoms with E-state index < -0.39 is 0 Å². The molecule has 1 aliphatic rings. The van der Waals surface area contributed by atoms with Crippen LogP contribution in [0.4, 0.5) is 10.3 Å². The van der Waals surface area contributed by atoms with Crippen LogP contribution >= 0.6 is 11.8 Å². The first-order chi connectivity index (χ1) is 19.1. The third-order valence-electron chi connectivity index (χ3n) is 7.52. The van der Waals surface area contributed by atoms with Crippen molar-refractivity contribution < 1.29 is 4.39 Å². The minimum Gasteiger partial charge on any atom is -0.353 e. The summed E-state index contributed by atoms with van der Waals surface area (Å²) in [6.45, 7) is 3.95. The lowest BCUT2D eigenvalue weighted by molar-refractivity contribution is 0.210. The normalized spacial score (nSPS) is 14.8. The number of halogens is 1. The Kier molecular flexibility index (Phi) is 7.34. The average Bonchev–Trinajstić information content (AvgIpc) is 3.31.